The number of ether oxygens (including phenoxy) is 2. The molecule has 0 bridgehead atoms. The SMILES string of the molecule is Cc1cc(Oc2ccccc2)ccc1NC(=O)CN1CCOCC1. The van der Waals surface area contributed by atoms with Gasteiger partial charge < -0.3 is 14.8 Å². The van der Waals surface area contributed by atoms with Gasteiger partial charge in [0.15, 0.2) is 0 Å². The van der Waals surface area contributed by atoms with Gasteiger partial charge in [0.2, 0.25) is 5.91 Å². The summed E-state index contributed by atoms with van der Waals surface area (Å²) in [5.41, 5.74) is 1.78. The molecule has 126 valence electrons. The molecule has 0 aliphatic carbocycles. The molecule has 2 aromatic carbocycles. The summed E-state index contributed by atoms with van der Waals surface area (Å²) in [5, 5.41) is 2.97. The molecule has 3 rings (SSSR count). The lowest BCUT2D eigenvalue weighted by molar-refractivity contribution is -0.118. The zero-order chi connectivity index (χ0) is 16.8. The molecule has 0 aromatic heterocycles. The van der Waals surface area contributed by atoms with Crippen molar-refractivity contribution in [2.45, 2.75) is 6.92 Å². The fraction of sp³-hybridized carbons (Fsp3) is 0.316. The van der Waals surface area contributed by atoms with E-state index in [0.717, 1.165) is 35.8 Å². The van der Waals surface area contributed by atoms with Gasteiger partial charge in [-0.1, -0.05) is 18.2 Å². The van der Waals surface area contributed by atoms with Crippen LogP contribution in [0, 0.1) is 6.92 Å². The van der Waals surface area contributed by atoms with Crippen LogP contribution in [-0.2, 0) is 9.53 Å². The van der Waals surface area contributed by atoms with Gasteiger partial charge in [-0.2, -0.15) is 0 Å². The number of anilines is 1. The van der Waals surface area contributed by atoms with Crippen molar-refractivity contribution in [3.05, 3.63) is 54.1 Å². The van der Waals surface area contributed by atoms with Crippen LogP contribution >= 0.6 is 0 Å². The Morgan fingerprint density at radius 2 is 1.88 bits per heavy atom. The maximum atomic E-state index is 12.2. The highest BCUT2D eigenvalue weighted by Crippen LogP contribution is 2.25. The minimum atomic E-state index is -0.00303. The summed E-state index contributed by atoms with van der Waals surface area (Å²) in [6.45, 7) is 5.34. The summed E-state index contributed by atoms with van der Waals surface area (Å²) in [7, 11) is 0. The molecule has 0 radical (unpaired) electrons. The number of amides is 1. The summed E-state index contributed by atoms with van der Waals surface area (Å²) in [4.78, 5) is 14.3. The molecule has 1 N–H and O–H groups in total. The molecule has 0 spiro atoms. The second-order valence-corrected chi connectivity index (χ2v) is 5.83. The highest BCUT2D eigenvalue weighted by atomic mass is 16.5. The van der Waals surface area contributed by atoms with Crippen molar-refractivity contribution in [2.75, 3.05) is 38.2 Å². The molecule has 1 aliphatic rings. The predicted octanol–water partition coefficient (Wildman–Crippen LogP) is 3.06. The molecule has 5 heteroatoms. The second kappa shape index (κ2) is 7.95. The van der Waals surface area contributed by atoms with E-state index in [-0.39, 0.29) is 5.91 Å². The van der Waals surface area contributed by atoms with Gasteiger partial charge in [0.25, 0.3) is 0 Å². The minimum absolute atomic E-state index is 0.00303. The first-order valence-corrected chi connectivity index (χ1v) is 8.14. The molecule has 0 atom stereocenters. The average Bonchev–Trinajstić information content (AvgIpc) is 2.59. The molecule has 5 nitrogen and oxygen atoms in total. The van der Waals surface area contributed by atoms with Crippen LogP contribution in [0.15, 0.2) is 48.5 Å². The Labute approximate surface area is 142 Å². The van der Waals surface area contributed by atoms with E-state index < -0.39 is 0 Å². The first-order chi connectivity index (χ1) is 11.7. The van der Waals surface area contributed by atoms with Gasteiger partial charge in [-0.3, -0.25) is 9.69 Å². The summed E-state index contributed by atoms with van der Waals surface area (Å²) >= 11 is 0. The number of hydrogen-bond donors (Lipinski definition) is 1. The van der Waals surface area contributed by atoms with Crippen molar-refractivity contribution in [3.8, 4) is 11.5 Å². The third-order valence-corrected chi connectivity index (χ3v) is 3.92. The number of rotatable bonds is 5. The zero-order valence-corrected chi connectivity index (χ0v) is 13.8. The average molecular weight is 326 g/mol. The number of hydrogen-bond acceptors (Lipinski definition) is 4. The normalized spacial score (nSPS) is 15.0. The summed E-state index contributed by atoms with van der Waals surface area (Å²) in [6.07, 6.45) is 0. The van der Waals surface area contributed by atoms with E-state index in [1.54, 1.807) is 0 Å². The highest BCUT2D eigenvalue weighted by Gasteiger charge is 2.14. The number of para-hydroxylation sites is 1. The maximum Gasteiger partial charge on any atom is 0.238 e. The third-order valence-electron chi connectivity index (χ3n) is 3.92. The molecular formula is C19H22N2O3. The van der Waals surface area contributed by atoms with Gasteiger partial charge in [-0.25, -0.2) is 0 Å². The minimum Gasteiger partial charge on any atom is -0.457 e. The van der Waals surface area contributed by atoms with Crippen LogP contribution in [0.5, 0.6) is 11.5 Å². The highest BCUT2D eigenvalue weighted by molar-refractivity contribution is 5.93. The van der Waals surface area contributed by atoms with E-state index >= 15 is 0 Å². The van der Waals surface area contributed by atoms with E-state index in [1.807, 2.05) is 55.5 Å². The Balaban J connectivity index is 1.59. The maximum absolute atomic E-state index is 12.2. The number of benzene rings is 2. The molecule has 1 aliphatic heterocycles. The van der Waals surface area contributed by atoms with Crippen molar-refractivity contribution < 1.29 is 14.3 Å². The largest absolute Gasteiger partial charge is 0.457 e. The van der Waals surface area contributed by atoms with Crippen LogP contribution in [0.2, 0.25) is 0 Å². The van der Waals surface area contributed by atoms with Crippen LogP contribution in [0.3, 0.4) is 0 Å². The van der Waals surface area contributed by atoms with E-state index in [4.69, 9.17) is 9.47 Å². The van der Waals surface area contributed by atoms with Crippen molar-refractivity contribution >= 4 is 11.6 Å². The summed E-state index contributed by atoms with van der Waals surface area (Å²) in [6, 6.07) is 15.3. The lowest BCUT2D eigenvalue weighted by Crippen LogP contribution is -2.41. The Morgan fingerprint density at radius 1 is 1.12 bits per heavy atom. The van der Waals surface area contributed by atoms with Gasteiger partial charge in [-0.15, -0.1) is 0 Å². The summed E-state index contributed by atoms with van der Waals surface area (Å²) < 4.78 is 11.1. The number of carbonyl (C=O) groups is 1. The molecule has 1 fully saturated rings. The molecule has 0 saturated carbocycles. The van der Waals surface area contributed by atoms with E-state index in [0.29, 0.717) is 19.8 Å². The fourth-order valence-electron chi connectivity index (χ4n) is 2.62. The molecular weight excluding hydrogens is 304 g/mol. The van der Waals surface area contributed by atoms with Crippen LogP contribution in [-0.4, -0.2) is 43.7 Å². The molecule has 1 heterocycles. The molecule has 24 heavy (non-hydrogen) atoms. The molecule has 0 unspecified atom stereocenters. The monoisotopic (exact) mass is 326 g/mol. The number of morpholine rings is 1. The number of nitrogens with one attached hydrogen (secondary N) is 1. The lowest BCUT2D eigenvalue weighted by Gasteiger charge is -2.25. The molecule has 1 amide bonds. The van der Waals surface area contributed by atoms with Gasteiger partial charge in [0, 0.05) is 18.8 Å². The van der Waals surface area contributed by atoms with Crippen LogP contribution in [0.4, 0.5) is 5.69 Å². The van der Waals surface area contributed by atoms with Crippen molar-refractivity contribution in [2.24, 2.45) is 0 Å². The smallest absolute Gasteiger partial charge is 0.238 e. The second-order valence-electron chi connectivity index (χ2n) is 5.83. The predicted molar refractivity (Wildman–Crippen MR) is 93.6 cm³/mol. The number of nitrogens with zero attached hydrogens (tertiary/aromatic N) is 1. The topological polar surface area (TPSA) is 50.8 Å². The Kier molecular flexibility index (Phi) is 5.46. The number of carbonyl (C=O) groups excluding carboxylic acids is 1. The molecule has 2 aromatic rings. The standard InChI is InChI=1S/C19H22N2O3/c1-15-13-17(24-16-5-3-2-4-6-16)7-8-18(15)20-19(22)14-21-9-11-23-12-10-21/h2-8,13H,9-12,14H2,1H3,(H,20,22). The quantitative estimate of drug-likeness (QED) is 0.917. The van der Waals surface area contributed by atoms with Crippen molar-refractivity contribution in [3.63, 3.8) is 0 Å². The van der Waals surface area contributed by atoms with Crippen LogP contribution < -0.4 is 10.1 Å². The van der Waals surface area contributed by atoms with Crippen molar-refractivity contribution in [1.29, 1.82) is 0 Å². The van der Waals surface area contributed by atoms with Crippen LogP contribution in [0.1, 0.15) is 5.56 Å². The van der Waals surface area contributed by atoms with Crippen molar-refractivity contribution in [1.82, 2.24) is 4.90 Å². The fourth-order valence-corrected chi connectivity index (χ4v) is 2.62. The Hall–Kier alpha value is -2.37. The first kappa shape index (κ1) is 16.5. The summed E-state index contributed by atoms with van der Waals surface area (Å²) in [5.74, 6) is 1.54. The van der Waals surface area contributed by atoms with Gasteiger partial charge >= 0.3 is 0 Å². The van der Waals surface area contributed by atoms with E-state index in [9.17, 15) is 4.79 Å². The zero-order valence-electron chi connectivity index (χ0n) is 13.8. The lowest BCUT2D eigenvalue weighted by atomic mass is 10.2. The first-order valence-electron chi connectivity index (χ1n) is 8.14. The van der Waals surface area contributed by atoms with Crippen LogP contribution in [0.25, 0.3) is 0 Å². The molecule has 1 saturated heterocycles. The van der Waals surface area contributed by atoms with E-state index in [1.165, 1.54) is 0 Å². The van der Waals surface area contributed by atoms with Gasteiger partial charge in [0.05, 0.1) is 19.8 Å². The van der Waals surface area contributed by atoms with E-state index in [2.05, 4.69) is 10.2 Å². The third kappa shape index (κ3) is 4.57. The van der Waals surface area contributed by atoms with Gasteiger partial charge in [0.1, 0.15) is 11.5 Å². The number of aryl methyl sites for hydroxylation is 1. The Bertz CT molecular complexity index is 682. The Morgan fingerprint density at radius 3 is 2.58 bits per heavy atom. The van der Waals surface area contributed by atoms with Gasteiger partial charge in [-0.05, 0) is 42.8 Å².